The maximum atomic E-state index is 12.0. The van der Waals surface area contributed by atoms with E-state index in [1.165, 1.54) is 0 Å². The number of aryl methyl sites for hydroxylation is 1. The number of aromatic amines is 1. The van der Waals surface area contributed by atoms with Crippen LogP contribution < -0.4 is 5.32 Å². The third-order valence-corrected chi connectivity index (χ3v) is 4.37. The second-order valence-corrected chi connectivity index (χ2v) is 6.07. The third kappa shape index (κ3) is 3.73. The monoisotopic (exact) mass is 283 g/mol. The van der Waals surface area contributed by atoms with Crippen LogP contribution in [-0.2, 0) is 15.3 Å². The fourth-order valence-electron chi connectivity index (χ4n) is 2.08. The summed E-state index contributed by atoms with van der Waals surface area (Å²) in [6.07, 6.45) is 3.50. The molecule has 1 unspecified atom stereocenters. The second kappa shape index (κ2) is 6.43. The minimum absolute atomic E-state index is 0.0153. The SMILES string of the molecule is Cc1[nH]cnc1CSCCNC(=O)C1(C)CCCO1. The molecule has 1 aromatic heterocycles. The number of nitrogens with one attached hydrogen (secondary N) is 2. The molecule has 2 N–H and O–H groups in total. The molecule has 2 heterocycles. The molecule has 1 fully saturated rings. The lowest BCUT2D eigenvalue weighted by Crippen LogP contribution is -2.44. The normalized spacial score (nSPS) is 22.6. The van der Waals surface area contributed by atoms with Gasteiger partial charge in [0.15, 0.2) is 0 Å². The van der Waals surface area contributed by atoms with Crippen LogP contribution in [0.3, 0.4) is 0 Å². The number of thioether (sulfide) groups is 1. The fourth-order valence-corrected chi connectivity index (χ4v) is 2.96. The molecule has 0 radical (unpaired) electrons. The highest BCUT2D eigenvalue weighted by molar-refractivity contribution is 7.98. The molecule has 0 aromatic carbocycles. The number of aromatic nitrogens is 2. The van der Waals surface area contributed by atoms with Crippen LogP contribution in [0, 0.1) is 6.92 Å². The van der Waals surface area contributed by atoms with Crippen molar-refractivity contribution in [1.82, 2.24) is 15.3 Å². The molecule has 5 nitrogen and oxygen atoms in total. The first-order valence-electron chi connectivity index (χ1n) is 6.61. The van der Waals surface area contributed by atoms with E-state index >= 15 is 0 Å². The zero-order valence-corrected chi connectivity index (χ0v) is 12.3. The average Bonchev–Trinajstić information content (AvgIpc) is 2.99. The van der Waals surface area contributed by atoms with Crippen molar-refractivity contribution in [3.63, 3.8) is 0 Å². The average molecular weight is 283 g/mol. The van der Waals surface area contributed by atoms with Crippen molar-refractivity contribution in [2.24, 2.45) is 0 Å². The first-order chi connectivity index (χ1) is 9.12. The van der Waals surface area contributed by atoms with Crippen molar-refractivity contribution < 1.29 is 9.53 Å². The smallest absolute Gasteiger partial charge is 0.251 e. The summed E-state index contributed by atoms with van der Waals surface area (Å²) in [6, 6.07) is 0. The Labute approximate surface area is 117 Å². The number of hydrogen-bond acceptors (Lipinski definition) is 4. The Morgan fingerprint density at radius 3 is 3.16 bits per heavy atom. The number of ether oxygens (including phenoxy) is 1. The molecule has 1 amide bonds. The van der Waals surface area contributed by atoms with Crippen molar-refractivity contribution in [3.8, 4) is 0 Å². The lowest BCUT2D eigenvalue weighted by atomic mass is 10.0. The first kappa shape index (κ1) is 14.4. The van der Waals surface area contributed by atoms with Gasteiger partial charge in [-0.15, -0.1) is 0 Å². The van der Waals surface area contributed by atoms with Gasteiger partial charge < -0.3 is 15.0 Å². The van der Waals surface area contributed by atoms with Crippen LogP contribution in [0.5, 0.6) is 0 Å². The van der Waals surface area contributed by atoms with Gasteiger partial charge in [-0.3, -0.25) is 4.79 Å². The Morgan fingerprint density at radius 2 is 2.53 bits per heavy atom. The second-order valence-electron chi connectivity index (χ2n) is 4.97. The summed E-state index contributed by atoms with van der Waals surface area (Å²) in [5.74, 6) is 1.77. The number of nitrogens with zero attached hydrogens (tertiary/aromatic N) is 1. The summed E-state index contributed by atoms with van der Waals surface area (Å²) in [4.78, 5) is 19.2. The predicted octanol–water partition coefficient (Wildman–Crippen LogP) is 1.64. The van der Waals surface area contributed by atoms with E-state index in [0.717, 1.165) is 35.7 Å². The maximum Gasteiger partial charge on any atom is 0.251 e. The van der Waals surface area contributed by atoms with Crippen molar-refractivity contribution >= 4 is 17.7 Å². The molecule has 1 saturated heterocycles. The standard InChI is InChI=1S/C13H21N3O2S/c1-10-11(16-9-15-10)8-19-7-5-14-12(17)13(2)4-3-6-18-13/h9H,3-8H2,1-2H3,(H,14,17)(H,15,16). The van der Waals surface area contributed by atoms with Gasteiger partial charge in [0.25, 0.3) is 5.91 Å². The zero-order chi connectivity index (χ0) is 13.7. The molecule has 106 valence electrons. The Kier molecular flexibility index (Phi) is 4.87. The molecule has 0 aliphatic carbocycles. The van der Waals surface area contributed by atoms with Crippen LogP contribution >= 0.6 is 11.8 Å². The van der Waals surface area contributed by atoms with Gasteiger partial charge in [-0.2, -0.15) is 11.8 Å². The lowest BCUT2D eigenvalue weighted by Gasteiger charge is -2.21. The van der Waals surface area contributed by atoms with Crippen molar-refractivity contribution in [3.05, 3.63) is 17.7 Å². The highest BCUT2D eigenvalue weighted by Gasteiger charge is 2.37. The Morgan fingerprint density at radius 1 is 1.68 bits per heavy atom. The summed E-state index contributed by atoms with van der Waals surface area (Å²) in [7, 11) is 0. The summed E-state index contributed by atoms with van der Waals surface area (Å²) >= 11 is 1.77. The van der Waals surface area contributed by atoms with E-state index in [2.05, 4.69) is 15.3 Å². The fraction of sp³-hybridized carbons (Fsp3) is 0.692. The van der Waals surface area contributed by atoms with E-state index in [4.69, 9.17) is 4.74 Å². The Hall–Kier alpha value is -1.01. The van der Waals surface area contributed by atoms with Gasteiger partial charge in [-0.05, 0) is 26.7 Å². The van der Waals surface area contributed by atoms with Crippen LogP contribution in [0.25, 0.3) is 0 Å². The lowest BCUT2D eigenvalue weighted by molar-refractivity contribution is -0.139. The third-order valence-electron chi connectivity index (χ3n) is 3.40. The number of rotatable bonds is 6. The molecule has 1 aliphatic heterocycles. The van der Waals surface area contributed by atoms with E-state index in [9.17, 15) is 4.79 Å². The summed E-state index contributed by atoms with van der Waals surface area (Å²) in [5, 5.41) is 2.95. The number of hydrogen-bond donors (Lipinski definition) is 2. The topological polar surface area (TPSA) is 67.0 Å². The Balaban J connectivity index is 1.62. The van der Waals surface area contributed by atoms with Gasteiger partial charge in [0, 0.05) is 30.4 Å². The number of H-pyrrole nitrogens is 1. The van der Waals surface area contributed by atoms with Gasteiger partial charge in [0.2, 0.25) is 0 Å². The summed E-state index contributed by atoms with van der Waals surface area (Å²) in [5.41, 5.74) is 1.59. The van der Waals surface area contributed by atoms with E-state index in [1.54, 1.807) is 18.1 Å². The number of imidazole rings is 1. The van der Waals surface area contributed by atoms with Crippen molar-refractivity contribution in [2.45, 2.75) is 38.0 Å². The molecule has 0 bridgehead atoms. The van der Waals surface area contributed by atoms with E-state index < -0.39 is 5.60 Å². The summed E-state index contributed by atoms with van der Waals surface area (Å²) in [6.45, 7) is 5.25. The molecule has 2 rings (SSSR count). The highest BCUT2D eigenvalue weighted by Crippen LogP contribution is 2.24. The van der Waals surface area contributed by atoms with Crippen LogP contribution in [0.1, 0.15) is 31.2 Å². The molecule has 1 aromatic rings. The van der Waals surface area contributed by atoms with E-state index in [0.29, 0.717) is 13.2 Å². The van der Waals surface area contributed by atoms with Gasteiger partial charge >= 0.3 is 0 Å². The minimum atomic E-state index is -0.608. The van der Waals surface area contributed by atoms with Gasteiger partial charge in [-0.1, -0.05) is 0 Å². The molecule has 6 heteroatoms. The molecular weight excluding hydrogens is 262 g/mol. The van der Waals surface area contributed by atoms with E-state index in [-0.39, 0.29) is 5.91 Å². The van der Waals surface area contributed by atoms with Crippen LogP contribution in [0.4, 0.5) is 0 Å². The van der Waals surface area contributed by atoms with Crippen LogP contribution in [0.2, 0.25) is 0 Å². The molecular formula is C13H21N3O2S. The van der Waals surface area contributed by atoms with Gasteiger partial charge in [0.05, 0.1) is 12.0 Å². The number of amides is 1. The minimum Gasteiger partial charge on any atom is -0.365 e. The maximum absolute atomic E-state index is 12.0. The zero-order valence-electron chi connectivity index (χ0n) is 11.5. The van der Waals surface area contributed by atoms with Crippen molar-refractivity contribution in [1.29, 1.82) is 0 Å². The summed E-state index contributed by atoms with van der Waals surface area (Å²) < 4.78 is 5.50. The molecule has 1 aliphatic rings. The molecule has 19 heavy (non-hydrogen) atoms. The van der Waals surface area contributed by atoms with Crippen molar-refractivity contribution in [2.75, 3.05) is 18.9 Å². The van der Waals surface area contributed by atoms with Gasteiger partial charge in [-0.25, -0.2) is 4.98 Å². The molecule has 0 saturated carbocycles. The van der Waals surface area contributed by atoms with Crippen LogP contribution in [0.15, 0.2) is 6.33 Å². The Bertz CT molecular complexity index is 427. The van der Waals surface area contributed by atoms with E-state index in [1.807, 2.05) is 13.8 Å². The number of carbonyl (C=O) groups is 1. The molecule has 0 spiro atoms. The number of carbonyl (C=O) groups excluding carboxylic acids is 1. The van der Waals surface area contributed by atoms with Crippen LogP contribution in [-0.4, -0.2) is 40.4 Å². The highest BCUT2D eigenvalue weighted by atomic mass is 32.2. The largest absolute Gasteiger partial charge is 0.365 e. The molecule has 1 atom stereocenters. The first-order valence-corrected chi connectivity index (χ1v) is 7.76. The predicted molar refractivity (Wildman–Crippen MR) is 76.1 cm³/mol. The van der Waals surface area contributed by atoms with Gasteiger partial charge in [0.1, 0.15) is 5.60 Å². The quantitative estimate of drug-likeness (QED) is 0.779.